The average molecular weight is 371 g/mol. The van der Waals surface area contributed by atoms with Crippen LogP contribution in [0.25, 0.3) is 0 Å². The Morgan fingerprint density at radius 3 is 2.57 bits per heavy atom. The Hall–Kier alpha value is -1.46. The van der Waals surface area contributed by atoms with Crippen LogP contribution < -0.4 is 15.8 Å². The topological polar surface area (TPSA) is 60.2 Å². The van der Waals surface area contributed by atoms with Crippen molar-refractivity contribution in [2.45, 2.75) is 26.4 Å². The smallest absolute Gasteiger partial charge is 0.239 e. The first kappa shape index (κ1) is 15.9. The number of rotatable bonds is 3. The number of hydrogen-bond donors (Lipinski definition) is 2. The Labute approximate surface area is 137 Å². The van der Waals surface area contributed by atoms with Crippen molar-refractivity contribution in [1.82, 2.24) is 4.98 Å². The number of anilines is 3. The molecule has 0 saturated carbocycles. The highest BCUT2D eigenvalue weighted by Crippen LogP contribution is 2.29. The molecular weight excluding hydrogens is 354 g/mol. The van der Waals surface area contributed by atoms with E-state index in [-0.39, 0.29) is 5.60 Å². The van der Waals surface area contributed by atoms with Gasteiger partial charge >= 0.3 is 0 Å². The lowest BCUT2D eigenvalue weighted by molar-refractivity contribution is 0.125. The summed E-state index contributed by atoms with van der Waals surface area (Å²) in [4.78, 5) is 4.39. The number of nitrogen functional groups attached to an aromatic ring is 1. The lowest BCUT2D eigenvalue weighted by Gasteiger charge is -2.21. The molecule has 2 rings (SSSR count). The maximum absolute atomic E-state index is 6.07. The van der Waals surface area contributed by atoms with Crippen LogP contribution in [0.4, 0.5) is 17.2 Å². The SMILES string of the molecule is CC(C)(C)Oc1nc(Nc2ccc(Br)c(Cl)c2)ccc1N. The number of nitrogens with two attached hydrogens (primary N) is 1. The quantitative estimate of drug-likeness (QED) is 0.798. The molecule has 112 valence electrons. The number of nitrogens with zero attached hydrogens (tertiary/aromatic N) is 1. The molecule has 0 amide bonds. The summed E-state index contributed by atoms with van der Waals surface area (Å²) in [5.41, 5.74) is 6.87. The van der Waals surface area contributed by atoms with E-state index >= 15 is 0 Å². The Balaban J connectivity index is 2.24. The highest BCUT2D eigenvalue weighted by Gasteiger charge is 2.15. The minimum absolute atomic E-state index is 0.360. The molecule has 0 unspecified atom stereocenters. The van der Waals surface area contributed by atoms with Crippen LogP contribution >= 0.6 is 27.5 Å². The highest BCUT2D eigenvalue weighted by atomic mass is 79.9. The number of hydrogen-bond acceptors (Lipinski definition) is 4. The standard InChI is InChI=1S/C15H17BrClN3O/c1-15(2,3)21-14-12(18)6-7-13(20-14)19-9-4-5-10(16)11(17)8-9/h4-8H,18H2,1-3H3,(H,19,20). The van der Waals surface area contributed by atoms with Gasteiger partial charge in [0.2, 0.25) is 5.88 Å². The fraction of sp³-hybridized carbons (Fsp3) is 0.267. The number of nitrogens with one attached hydrogen (secondary N) is 1. The second kappa shape index (κ2) is 6.12. The third kappa shape index (κ3) is 4.51. The maximum atomic E-state index is 6.07. The van der Waals surface area contributed by atoms with E-state index in [4.69, 9.17) is 22.1 Å². The minimum atomic E-state index is -0.360. The van der Waals surface area contributed by atoms with Crippen LogP contribution in [-0.2, 0) is 0 Å². The fourth-order valence-corrected chi connectivity index (χ4v) is 2.04. The summed E-state index contributed by atoms with van der Waals surface area (Å²) in [6.45, 7) is 5.84. The van der Waals surface area contributed by atoms with E-state index < -0.39 is 0 Å². The molecule has 6 heteroatoms. The van der Waals surface area contributed by atoms with E-state index in [1.807, 2.05) is 39.0 Å². The summed E-state index contributed by atoms with van der Waals surface area (Å²) in [7, 11) is 0. The Morgan fingerprint density at radius 1 is 1.24 bits per heavy atom. The van der Waals surface area contributed by atoms with E-state index in [1.54, 1.807) is 12.1 Å². The maximum Gasteiger partial charge on any atom is 0.239 e. The van der Waals surface area contributed by atoms with Crippen LogP contribution in [0.1, 0.15) is 20.8 Å². The first-order chi connectivity index (χ1) is 9.74. The molecule has 0 aliphatic carbocycles. The zero-order valence-corrected chi connectivity index (χ0v) is 14.4. The Bertz CT molecular complexity index is 656. The number of pyridine rings is 1. The molecule has 0 atom stereocenters. The number of benzene rings is 1. The van der Waals surface area contributed by atoms with Crippen molar-refractivity contribution in [2.24, 2.45) is 0 Å². The second-order valence-corrected chi connectivity index (χ2v) is 6.82. The molecule has 0 radical (unpaired) electrons. The fourth-order valence-electron chi connectivity index (χ4n) is 1.61. The van der Waals surface area contributed by atoms with Crippen LogP contribution in [0.3, 0.4) is 0 Å². The molecule has 0 bridgehead atoms. The van der Waals surface area contributed by atoms with Crippen molar-refractivity contribution in [1.29, 1.82) is 0 Å². The van der Waals surface area contributed by atoms with Gasteiger partial charge in [-0.05, 0) is 67.0 Å². The molecule has 21 heavy (non-hydrogen) atoms. The molecule has 1 heterocycles. The van der Waals surface area contributed by atoms with Crippen molar-refractivity contribution in [3.05, 3.63) is 39.8 Å². The summed E-state index contributed by atoms with van der Waals surface area (Å²) in [5, 5.41) is 3.80. The van der Waals surface area contributed by atoms with Gasteiger partial charge in [-0.1, -0.05) is 11.6 Å². The molecule has 0 spiro atoms. The zero-order chi connectivity index (χ0) is 15.6. The molecule has 3 N–H and O–H groups in total. The zero-order valence-electron chi connectivity index (χ0n) is 12.1. The van der Waals surface area contributed by atoms with E-state index in [0.717, 1.165) is 10.2 Å². The van der Waals surface area contributed by atoms with Crippen molar-refractivity contribution >= 4 is 44.7 Å². The van der Waals surface area contributed by atoms with Gasteiger partial charge in [0.1, 0.15) is 11.4 Å². The van der Waals surface area contributed by atoms with Crippen LogP contribution in [0, 0.1) is 0 Å². The largest absolute Gasteiger partial charge is 0.470 e. The van der Waals surface area contributed by atoms with Crippen molar-refractivity contribution in [3.63, 3.8) is 0 Å². The van der Waals surface area contributed by atoms with E-state index in [9.17, 15) is 0 Å². The first-order valence-electron chi connectivity index (χ1n) is 6.42. The van der Waals surface area contributed by atoms with Crippen LogP contribution in [0.2, 0.25) is 5.02 Å². The molecule has 0 aliphatic heterocycles. The lowest BCUT2D eigenvalue weighted by Crippen LogP contribution is -2.24. The predicted octanol–water partition coefficient (Wildman–Crippen LogP) is 5.00. The number of ether oxygens (including phenoxy) is 1. The molecule has 1 aromatic carbocycles. The normalized spacial score (nSPS) is 11.3. The highest BCUT2D eigenvalue weighted by molar-refractivity contribution is 9.10. The van der Waals surface area contributed by atoms with Gasteiger partial charge in [-0.2, -0.15) is 4.98 Å². The van der Waals surface area contributed by atoms with E-state index in [2.05, 4.69) is 26.2 Å². The van der Waals surface area contributed by atoms with Gasteiger partial charge in [0, 0.05) is 10.2 Å². The number of halogens is 2. The summed E-state index contributed by atoms with van der Waals surface area (Å²) in [5.74, 6) is 1.05. The Morgan fingerprint density at radius 2 is 1.95 bits per heavy atom. The Kier molecular flexibility index (Phi) is 4.64. The van der Waals surface area contributed by atoms with Crippen LogP contribution in [0.15, 0.2) is 34.8 Å². The number of aromatic nitrogens is 1. The summed E-state index contributed by atoms with van der Waals surface area (Å²) in [6, 6.07) is 9.14. The third-order valence-electron chi connectivity index (χ3n) is 2.48. The van der Waals surface area contributed by atoms with Crippen molar-refractivity contribution in [3.8, 4) is 5.88 Å². The van der Waals surface area contributed by atoms with Crippen molar-refractivity contribution in [2.75, 3.05) is 11.1 Å². The van der Waals surface area contributed by atoms with Gasteiger partial charge in [-0.3, -0.25) is 0 Å². The summed E-state index contributed by atoms with van der Waals surface area (Å²) >= 11 is 9.43. The monoisotopic (exact) mass is 369 g/mol. The second-order valence-electron chi connectivity index (χ2n) is 5.56. The third-order valence-corrected chi connectivity index (χ3v) is 3.72. The summed E-state index contributed by atoms with van der Waals surface area (Å²) < 4.78 is 6.59. The predicted molar refractivity (Wildman–Crippen MR) is 91.5 cm³/mol. The van der Waals surface area contributed by atoms with Gasteiger partial charge in [0.25, 0.3) is 0 Å². The van der Waals surface area contributed by atoms with Gasteiger partial charge in [-0.25, -0.2) is 0 Å². The molecule has 2 aromatic rings. The first-order valence-corrected chi connectivity index (χ1v) is 7.59. The minimum Gasteiger partial charge on any atom is -0.470 e. The van der Waals surface area contributed by atoms with E-state index in [0.29, 0.717) is 22.4 Å². The van der Waals surface area contributed by atoms with Gasteiger partial charge in [-0.15, -0.1) is 0 Å². The molecule has 4 nitrogen and oxygen atoms in total. The molecule has 0 fully saturated rings. The van der Waals surface area contributed by atoms with Crippen molar-refractivity contribution < 1.29 is 4.74 Å². The van der Waals surface area contributed by atoms with Crippen LogP contribution in [0.5, 0.6) is 5.88 Å². The lowest BCUT2D eigenvalue weighted by atomic mass is 10.2. The molecule has 0 saturated heterocycles. The van der Waals surface area contributed by atoms with E-state index in [1.165, 1.54) is 0 Å². The van der Waals surface area contributed by atoms with Gasteiger partial charge in [0.05, 0.1) is 10.7 Å². The summed E-state index contributed by atoms with van der Waals surface area (Å²) in [6.07, 6.45) is 0. The molecule has 1 aromatic heterocycles. The van der Waals surface area contributed by atoms with Crippen LogP contribution in [-0.4, -0.2) is 10.6 Å². The molecule has 0 aliphatic rings. The van der Waals surface area contributed by atoms with Gasteiger partial charge < -0.3 is 15.8 Å². The average Bonchev–Trinajstić information content (AvgIpc) is 2.36. The molecular formula is C15H17BrClN3O. The van der Waals surface area contributed by atoms with Gasteiger partial charge in [0.15, 0.2) is 0 Å².